The molecule has 0 saturated heterocycles. The van der Waals surface area contributed by atoms with Crippen molar-refractivity contribution in [1.82, 2.24) is 10.2 Å². The van der Waals surface area contributed by atoms with Gasteiger partial charge in [-0.3, -0.25) is 0 Å². The van der Waals surface area contributed by atoms with Crippen LogP contribution in [0.15, 0.2) is 48.5 Å². The van der Waals surface area contributed by atoms with Crippen molar-refractivity contribution in [3.05, 3.63) is 65.2 Å². The van der Waals surface area contributed by atoms with Crippen LogP contribution in [0.1, 0.15) is 29.7 Å². The molecule has 0 aromatic heterocycles. The molecule has 2 aromatic rings. The number of likely N-dealkylation sites (N-methyl/N-ethyl adjacent to an activating group) is 1. The van der Waals surface area contributed by atoms with Crippen LogP contribution in [0.25, 0.3) is 0 Å². The highest BCUT2D eigenvalue weighted by Crippen LogP contribution is 2.24. The number of anilines is 1. The van der Waals surface area contributed by atoms with E-state index in [0.29, 0.717) is 6.04 Å². The zero-order chi connectivity index (χ0) is 17.7. The smallest absolute Gasteiger partial charge is 0.0477 e. The third kappa shape index (κ3) is 4.59. The van der Waals surface area contributed by atoms with Crippen molar-refractivity contribution < 1.29 is 0 Å². The Bertz CT molecular complexity index is 635. The molecule has 0 fully saturated rings. The molecule has 0 spiro atoms. The molecule has 2 atom stereocenters. The first-order valence-corrected chi connectivity index (χ1v) is 8.61. The van der Waals surface area contributed by atoms with E-state index in [2.05, 4.69) is 106 Å². The Morgan fingerprint density at radius 3 is 2.21 bits per heavy atom. The Balaban J connectivity index is 2.23. The van der Waals surface area contributed by atoms with Crippen LogP contribution in [0.2, 0.25) is 0 Å². The Morgan fingerprint density at radius 2 is 1.62 bits per heavy atom. The van der Waals surface area contributed by atoms with Crippen molar-refractivity contribution in [3.8, 4) is 0 Å². The van der Waals surface area contributed by atoms with Crippen LogP contribution < -0.4 is 10.2 Å². The largest absolute Gasteiger partial charge is 0.377 e. The topological polar surface area (TPSA) is 18.5 Å². The summed E-state index contributed by atoms with van der Waals surface area (Å²) in [5.74, 6) is 0. The monoisotopic (exact) mass is 325 g/mol. The van der Waals surface area contributed by atoms with E-state index in [0.717, 1.165) is 6.54 Å². The highest BCUT2D eigenvalue weighted by atomic mass is 15.1. The number of benzene rings is 2. The quantitative estimate of drug-likeness (QED) is 0.834. The van der Waals surface area contributed by atoms with E-state index in [4.69, 9.17) is 0 Å². The van der Waals surface area contributed by atoms with Gasteiger partial charge >= 0.3 is 0 Å². The second-order valence-electron chi connectivity index (χ2n) is 7.00. The van der Waals surface area contributed by atoms with Crippen LogP contribution in [0.5, 0.6) is 0 Å². The van der Waals surface area contributed by atoms with E-state index in [9.17, 15) is 0 Å². The first kappa shape index (κ1) is 18.5. The van der Waals surface area contributed by atoms with Crippen LogP contribution in [-0.2, 0) is 6.54 Å². The molecule has 0 aliphatic rings. The molecule has 0 radical (unpaired) electrons. The fourth-order valence-corrected chi connectivity index (χ4v) is 2.99. The van der Waals surface area contributed by atoms with Gasteiger partial charge in [-0.15, -0.1) is 0 Å². The summed E-state index contributed by atoms with van der Waals surface area (Å²) in [4.78, 5) is 4.46. The molecule has 0 heterocycles. The fourth-order valence-electron chi connectivity index (χ4n) is 2.99. The summed E-state index contributed by atoms with van der Waals surface area (Å²) in [5.41, 5.74) is 5.24. The van der Waals surface area contributed by atoms with Gasteiger partial charge in [0.1, 0.15) is 0 Å². The Morgan fingerprint density at radius 1 is 0.958 bits per heavy atom. The van der Waals surface area contributed by atoms with Gasteiger partial charge in [-0.05, 0) is 50.7 Å². The molecule has 0 bridgehead atoms. The van der Waals surface area contributed by atoms with Gasteiger partial charge in [0.2, 0.25) is 0 Å². The first-order valence-electron chi connectivity index (χ1n) is 8.61. The van der Waals surface area contributed by atoms with Crippen LogP contribution in [-0.4, -0.2) is 39.1 Å². The average Bonchev–Trinajstić information content (AvgIpc) is 2.56. The molecular weight excluding hydrogens is 294 g/mol. The Hall–Kier alpha value is -1.84. The summed E-state index contributed by atoms with van der Waals surface area (Å²) < 4.78 is 0. The number of hydrogen-bond acceptors (Lipinski definition) is 3. The maximum absolute atomic E-state index is 3.78. The molecule has 3 nitrogen and oxygen atoms in total. The number of hydrogen-bond donors (Lipinski definition) is 1. The summed E-state index contributed by atoms with van der Waals surface area (Å²) in [6.07, 6.45) is 0. The van der Waals surface area contributed by atoms with E-state index in [1.54, 1.807) is 0 Å². The van der Waals surface area contributed by atoms with Crippen molar-refractivity contribution in [3.63, 3.8) is 0 Å². The molecule has 0 aliphatic heterocycles. The zero-order valence-corrected chi connectivity index (χ0v) is 15.9. The second kappa shape index (κ2) is 8.32. The number of aryl methyl sites for hydroxylation is 1. The van der Waals surface area contributed by atoms with Gasteiger partial charge in [0.05, 0.1) is 0 Å². The van der Waals surface area contributed by atoms with E-state index in [1.165, 1.54) is 22.4 Å². The Kier molecular flexibility index (Phi) is 6.41. The van der Waals surface area contributed by atoms with Crippen molar-refractivity contribution >= 4 is 5.69 Å². The third-order valence-corrected chi connectivity index (χ3v) is 4.69. The van der Waals surface area contributed by atoms with E-state index >= 15 is 0 Å². The van der Waals surface area contributed by atoms with Crippen LogP contribution >= 0.6 is 0 Å². The van der Waals surface area contributed by atoms with Crippen molar-refractivity contribution in [2.24, 2.45) is 0 Å². The molecule has 2 rings (SSSR count). The maximum atomic E-state index is 3.78. The lowest BCUT2D eigenvalue weighted by Crippen LogP contribution is -2.39. The molecular formula is C21H31N3. The first-order chi connectivity index (χ1) is 11.4. The van der Waals surface area contributed by atoms with Crippen LogP contribution in [0.4, 0.5) is 5.69 Å². The standard InChI is InChI=1S/C21H31N3/c1-16-12-13-19(20(14-16)24(5)6)15-22-21(17(2)23(3)4)18-10-8-7-9-11-18/h7-14,17,21-22H,15H2,1-6H3/t17-,21+/m0/s1. The van der Waals surface area contributed by atoms with Gasteiger partial charge in [0.25, 0.3) is 0 Å². The van der Waals surface area contributed by atoms with Crippen molar-refractivity contribution in [2.75, 3.05) is 33.1 Å². The van der Waals surface area contributed by atoms with Gasteiger partial charge < -0.3 is 15.1 Å². The highest BCUT2D eigenvalue weighted by Gasteiger charge is 2.21. The Labute approximate surface area is 147 Å². The lowest BCUT2D eigenvalue weighted by molar-refractivity contribution is 0.245. The zero-order valence-electron chi connectivity index (χ0n) is 15.9. The molecule has 24 heavy (non-hydrogen) atoms. The molecule has 0 aliphatic carbocycles. The minimum Gasteiger partial charge on any atom is -0.377 e. The van der Waals surface area contributed by atoms with Crippen molar-refractivity contribution in [2.45, 2.75) is 32.5 Å². The fraction of sp³-hybridized carbons (Fsp3) is 0.429. The normalized spacial score (nSPS) is 13.8. The number of rotatable bonds is 7. The minimum absolute atomic E-state index is 0.289. The number of nitrogens with zero attached hydrogens (tertiary/aromatic N) is 2. The van der Waals surface area contributed by atoms with Crippen LogP contribution in [0, 0.1) is 6.92 Å². The van der Waals surface area contributed by atoms with Crippen LogP contribution in [0.3, 0.4) is 0 Å². The lowest BCUT2D eigenvalue weighted by atomic mass is 9.99. The summed E-state index contributed by atoms with van der Waals surface area (Å²) in [6.45, 7) is 5.27. The molecule has 3 heteroatoms. The van der Waals surface area contributed by atoms with Gasteiger partial charge in [-0.1, -0.05) is 42.5 Å². The summed E-state index contributed by atoms with van der Waals surface area (Å²) >= 11 is 0. The number of nitrogens with one attached hydrogen (secondary N) is 1. The molecule has 130 valence electrons. The van der Waals surface area contributed by atoms with E-state index < -0.39 is 0 Å². The highest BCUT2D eigenvalue weighted by molar-refractivity contribution is 5.54. The maximum Gasteiger partial charge on any atom is 0.0477 e. The molecule has 0 saturated carbocycles. The summed E-state index contributed by atoms with van der Waals surface area (Å²) in [6, 6.07) is 18.1. The second-order valence-corrected chi connectivity index (χ2v) is 7.00. The van der Waals surface area contributed by atoms with Gasteiger partial charge in [-0.2, -0.15) is 0 Å². The SMILES string of the molecule is Cc1ccc(CN[C@@H](c2ccccc2)[C@H](C)N(C)C)c(N(C)C)c1. The predicted octanol–water partition coefficient (Wildman–Crippen LogP) is 3.84. The van der Waals surface area contributed by atoms with E-state index in [-0.39, 0.29) is 6.04 Å². The van der Waals surface area contributed by atoms with Gasteiger partial charge in [-0.25, -0.2) is 0 Å². The lowest BCUT2D eigenvalue weighted by Gasteiger charge is -2.31. The van der Waals surface area contributed by atoms with Gasteiger partial charge in [0.15, 0.2) is 0 Å². The molecule has 0 unspecified atom stereocenters. The third-order valence-electron chi connectivity index (χ3n) is 4.69. The average molecular weight is 326 g/mol. The van der Waals surface area contributed by atoms with E-state index in [1.807, 2.05) is 0 Å². The summed E-state index contributed by atoms with van der Waals surface area (Å²) in [5, 5.41) is 3.78. The van der Waals surface area contributed by atoms with Gasteiger partial charge in [0, 0.05) is 38.4 Å². The molecule has 2 aromatic carbocycles. The molecule has 0 amide bonds. The predicted molar refractivity (Wildman–Crippen MR) is 105 cm³/mol. The molecule has 1 N–H and O–H groups in total. The summed E-state index contributed by atoms with van der Waals surface area (Å²) in [7, 11) is 8.49. The van der Waals surface area contributed by atoms with Crippen molar-refractivity contribution in [1.29, 1.82) is 0 Å². The minimum atomic E-state index is 0.289.